The van der Waals surface area contributed by atoms with Crippen molar-refractivity contribution >= 4 is 5.91 Å². The maximum Gasteiger partial charge on any atom is 0.254 e. The summed E-state index contributed by atoms with van der Waals surface area (Å²) >= 11 is 0. The van der Waals surface area contributed by atoms with Crippen molar-refractivity contribution in [1.82, 2.24) is 4.90 Å². The summed E-state index contributed by atoms with van der Waals surface area (Å²) in [6, 6.07) is 1.60. The normalized spacial score (nSPS) is 38.1. The van der Waals surface area contributed by atoms with Crippen LogP contribution in [0.3, 0.4) is 0 Å². The van der Waals surface area contributed by atoms with Crippen LogP contribution in [0.25, 0.3) is 0 Å². The highest BCUT2D eigenvalue weighted by molar-refractivity contribution is 6.00. The number of nitrogens with zero attached hydrogens (tertiary/aromatic N) is 1. The molecule has 1 aromatic carbocycles. The fourth-order valence-electron chi connectivity index (χ4n) is 7.63. The molecule has 2 aliphatic heterocycles. The number of phenolic OH excluding ortho intramolecular Hbond substituents is 1. The highest BCUT2D eigenvalue weighted by Crippen LogP contribution is 2.67. The molecule has 1 amide bonds. The van der Waals surface area contributed by atoms with Gasteiger partial charge in [-0.15, -0.1) is 0 Å². The number of carbonyl (C=O) groups excluding carboxylic acids is 1. The summed E-state index contributed by atoms with van der Waals surface area (Å²) in [6.45, 7) is 9.55. The number of fused-ring (bicyclic) bond motifs is 5. The van der Waals surface area contributed by atoms with Crippen molar-refractivity contribution in [2.24, 2.45) is 22.7 Å². The molecule has 1 aromatic rings. The van der Waals surface area contributed by atoms with Gasteiger partial charge in [0.1, 0.15) is 17.1 Å². The molecule has 0 radical (unpaired) electrons. The summed E-state index contributed by atoms with van der Waals surface area (Å²) in [5.41, 5.74) is 1.35. The third-order valence-electron chi connectivity index (χ3n) is 9.54. The van der Waals surface area contributed by atoms with Gasteiger partial charge in [-0.1, -0.05) is 27.7 Å². The second kappa shape index (κ2) is 6.61. The van der Waals surface area contributed by atoms with Gasteiger partial charge in [-0.3, -0.25) is 4.79 Å². The van der Waals surface area contributed by atoms with Crippen LogP contribution < -0.4 is 4.74 Å². The molecule has 3 N–H and O–H groups in total. The maximum atomic E-state index is 12.8. The Morgan fingerprint density at radius 1 is 1.19 bits per heavy atom. The van der Waals surface area contributed by atoms with E-state index in [1.54, 1.807) is 11.0 Å². The smallest absolute Gasteiger partial charge is 0.254 e. The second-order valence-corrected chi connectivity index (χ2v) is 11.2. The van der Waals surface area contributed by atoms with Gasteiger partial charge in [0.05, 0.1) is 24.8 Å². The number of hydrogen-bond acceptors (Lipinski definition) is 5. The predicted molar refractivity (Wildman–Crippen MR) is 116 cm³/mol. The standard InChI is InChI=1S/C25H35NO5/c1-14-5-6-19-23(2,3)20(29)7-8-24(19,4)25(14)12-16-18(28)11-15-17(21(16)31-25)13-26(9-10-27)22(15)30/h11,14,19-20,27-29H,5-10,12-13H2,1-4H3/t14-,19?,20?,24+,25-/m1/s1. The lowest BCUT2D eigenvalue weighted by atomic mass is 9.43. The summed E-state index contributed by atoms with van der Waals surface area (Å²) in [4.78, 5) is 14.4. The molecule has 4 aliphatic rings. The molecule has 5 rings (SSSR count). The van der Waals surface area contributed by atoms with Gasteiger partial charge >= 0.3 is 0 Å². The third-order valence-corrected chi connectivity index (χ3v) is 9.54. The lowest BCUT2D eigenvalue weighted by Gasteiger charge is -2.64. The fraction of sp³-hybridized carbons (Fsp3) is 0.720. The van der Waals surface area contributed by atoms with Crippen molar-refractivity contribution in [3.8, 4) is 11.5 Å². The number of aliphatic hydroxyl groups excluding tert-OH is 2. The van der Waals surface area contributed by atoms with Crippen LogP contribution in [0.5, 0.6) is 11.5 Å². The first-order chi connectivity index (χ1) is 14.6. The fourth-order valence-corrected chi connectivity index (χ4v) is 7.63. The van der Waals surface area contributed by atoms with Crippen molar-refractivity contribution in [2.45, 2.75) is 78.0 Å². The molecule has 2 unspecified atom stereocenters. The van der Waals surface area contributed by atoms with E-state index in [4.69, 9.17) is 4.74 Å². The Morgan fingerprint density at radius 2 is 1.94 bits per heavy atom. The summed E-state index contributed by atoms with van der Waals surface area (Å²) in [5.74, 6) is 1.28. The van der Waals surface area contributed by atoms with E-state index >= 15 is 0 Å². The van der Waals surface area contributed by atoms with E-state index in [0.717, 1.165) is 36.8 Å². The minimum atomic E-state index is -0.463. The molecule has 6 heteroatoms. The lowest BCUT2D eigenvalue weighted by Crippen LogP contribution is -2.66. The molecular weight excluding hydrogens is 394 g/mol. The number of rotatable bonds is 2. The number of β-amino-alcohol motifs (C(OH)–C–C–N with tert-alkyl or cyclic N) is 1. The summed E-state index contributed by atoms with van der Waals surface area (Å²) in [5, 5.41) is 31.1. The monoisotopic (exact) mass is 429 g/mol. The van der Waals surface area contributed by atoms with Gasteiger partial charge in [0.25, 0.3) is 5.91 Å². The van der Waals surface area contributed by atoms with Gasteiger partial charge in [0.2, 0.25) is 0 Å². The third kappa shape index (κ3) is 2.55. The Kier molecular flexibility index (Phi) is 4.49. The average molecular weight is 430 g/mol. The van der Waals surface area contributed by atoms with Crippen LogP contribution in [0.1, 0.15) is 74.9 Å². The molecule has 0 saturated heterocycles. The minimum Gasteiger partial charge on any atom is -0.508 e. The summed E-state index contributed by atoms with van der Waals surface area (Å²) < 4.78 is 6.96. The number of benzene rings is 1. The molecule has 5 atom stereocenters. The van der Waals surface area contributed by atoms with Crippen molar-refractivity contribution in [1.29, 1.82) is 0 Å². The number of carbonyl (C=O) groups is 1. The highest BCUT2D eigenvalue weighted by atomic mass is 16.5. The van der Waals surface area contributed by atoms with E-state index in [9.17, 15) is 20.1 Å². The molecule has 1 spiro atoms. The number of aliphatic hydroxyl groups is 2. The summed E-state index contributed by atoms with van der Waals surface area (Å²) in [6.07, 6.45) is 4.04. The van der Waals surface area contributed by atoms with Crippen LogP contribution in [0.15, 0.2) is 6.07 Å². The molecule has 170 valence electrons. The Balaban J connectivity index is 1.61. The molecular formula is C25H35NO5. The second-order valence-electron chi connectivity index (χ2n) is 11.2. The van der Waals surface area contributed by atoms with E-state index in [2.05, 4.69) is 27.7 Å². The molecule has 0 aromatic heterocycles. The Hall–Kier alpha value is -1.79. The molecule has 2 fully saturated rings. The van der Waals surface area contributed by atoms with Crippen LogP contribution >= 0.6 is 0 Å². The topological polar surface area (TPSA) is 90.2 Å². The van der Waals surface area contributed by atoms with E-state index in [1.165, 1.54) is 0 Å². The molecule has 2 aliphatic carbocycles. The molecule has 6 nitrogen and oxygen atoms in total. The lowest BCUT2D eigenvalue weighted by molar-refractivity contribution is -0.210. The average Bonchev–Trinajstić information content (AvgIpc) is 3.26. The van der Waals surface area contributed by atoms with E-state index in [1.807, 2.05) is 0 Å². The van der Waals surface area contributed by atoms with Gasteiger partial charge < -0.3 is 25.0 Å². The largest absolute Gasteiger partial charge is 0.508 e. The first kappa shape index (κ1) is 21.1. The maximum absolute atomic E-state index is 12.8. The number of ether oxygens (including phenoxy) is 1. The Bertz CT molecular complexity index is 942. The van der Waals surface area contributed by atoms with Crippen LogP contribution in [0.2, 0.25) is 0 Å². The minimum absolute atomic E-state index is 0.0904. The van der Waals surface area contributed by atoms with Crippen LogP contribution in [-0.4, -0.2) is 51.0 Å². The molecule has 2 heterocycles. The molecule has 2 saturated carbocycles. The zero-order valence-electron chi connectivity index (χ0n) is 19.1. The van der Waals surface area contributed by atoms with Crippen LogP contribution in [0, 0.1) is 22.7 Å². The SMILES string of the molecule is C[C@@H]1CCC2C(C)(C)C(O)CC[C@]2(C)[C@@]12Cc1c(O)cc3c(c1O2)CN(CCO)C3=O. The first-order valence-corrected chi connectivity index (χ1v) is 11.7. The van der Waals surface area contributed by atoms with Gasteiger partial charge in [0.15, 0.2) is 0 Å². The zero-order valence-corrected chi connectivity index (χ0v) is 19.1. The number of hydrogen-bond donors (Lipinski definition) is 3. The van der Waals surface area contributed by atoms with E-state index in [0.29, 0.717) is 36.1 Å². The Labute approximate surface area is 184 Å². The molecule has 0 bridgehead atoms. The van der Waals surface area contributed by atoms with Crippen LogP contribution in [-0.2, 0) is 13.0 Å². The summed E-state index contributed by atoms with van der Waals surface area (Å²) in [7, 11) is 0. The Morgan fingerprint density at radius 3 is 2.65 bits per heavy atom. The van der Waals surface area contributed by atoms with Crippen LogP contribution in [0.4, 0.5) is 0 Å². The van der Waals surface area contributed by atoms with Gasteiger partial charge in [-0.25, -0.2) is 0 Å². The van der Waals surface area contributed by atoms with Gasteiger partial charge in [0, 0.05) is 29.5 Å². The van der Waals surface area contributed by atoms with Crippen molar-refractivity contribution in [3.05, 3.63) is 22.8 Å². The van der Waals surface area contributed by atoms with Gasteiger partial charge in [-0.2, -0.15) is 0 Å². The van der Waals surface area contributed by atoms with E-state index in [-0.39, 0.29) is 41.7 Å². The van der Waals surface area contributed by atoms with Crippen molar-refractivity contribution in [2.75, 3.05) is 13.2 Å². The number of aromatic hydroxyl groups is 1. The number of amides is 1. The van der Waals surface area contributed by atoms with E-state index < -0.39 is 5.60 Å². The zero-order chi connectivity index (χ0) is 22.3. The quantitative estimate of drug-likeness (QED) is 0.671. The van der Waals surface area contributed by atoms with Crippen molar-refractivity contribution < 1.29 is 24.9 Å². The van der Waals surface area contributed by atoms with Crippen molar-refractivity contribution in [3.63, 3.8) is 0 Å². The first-order valence-electron chi connectivity index (χ1n) is 11.7. The predicted octanol–water partition coefficient (Wildman–Crippen LogP) is 3.25. The highest BCUT2D eigenvalue weighted by Gasteiger charge is 2.67. The number of phenols is 1. The molecule has 31 heavy (non-hydrogen) atoms. The van der Waals surface area contributed by atoms with Gasteiger partial charge in [-0.05, 0) is 49.0 Å².